The predicted octanol–water partition coefficient (Wildman–Crippen LogP) is 5.46. The van der Waals surface area contributed by atoms with Gasteiger partial charge in [0.1, 0.15) is 11.6 Å². The van der Waals surface area contributed by atoms with Crippen molar-refractivity contribution in [3.63, 3.8) is 0 Å². The summed E-state index contributed by atoms with van der Waals surface area (Å²) in [6.45, 7) is 4.86. The van der Waals surface area contributed by atoms with Gasteiger partial charge < -0.3 is 19.2 Å². The molecule has 3 aromatic heterocycles. The van der Waals surface area contributed by atoms with Crippen LogP contribution in [0.1, 0.15) is 40.5 Å². The molecule has 1 fully saturated rings. The first-order valence-corrected chi connectivity index (χ1v) is 10.9. The Balaban J connectivity index is 1.62. The molecular weight excluding hydrogens is 423 g/mol. The first-order chi connectivity index (χ1) is 15.5. The molecule has 1 aliphatic heterocycles. The van der Waals surface area contributed by atoms with Gasteiger partial charge in [0.15, 0.2) is 5.11 Å². The van der Waals surface area contributed by atoms with Crippen LogP contribution in [0.4, 0.5) is 10.1 Å². The second-order valence-electron chi connectivity index (χ2n) is 7.96. The summed E-state index contributed by atoms with van der Waals surface area (Å²) in [6.07, 6.45) is 3.48. The first kappa shape index (κ1) is 20.5. The lowest BCUT2D eigenvalue weighted by Crippen LogP contribution is -2.29. The quantitative estimate of drug-likeness (QED) is 0.413. The molecule has 0 aliphatic carbocycles. The van der Waals surface area contributed by atoms with E-state index in [4.69, 9.17) is 16.6 Å². The van der Waals surface area contributed by atoms with Crippen LogP contribution in [0, 0.1) is 19.7 Å². The summed E-state index contributed by atoms with van der Waals surface area (Å²) in [7, 11) is 0. The van der Waals surface area contributed by atoms with E-state index in [-0.39, 0.29) is 17.9 Å². The maximum Gasteiger partial charge on any atom is 0.174 e. The molecule has 1 aliphatic rings. The molecule has 1 aromatic carbocycles. The van der Waals surface area contributed by atoms with Crippen molar-refractivity contribution in [2.75, 3.05) is 4.90 Å². The Bertz CT molecular complexity index is 1240. The number of hydrogen-bond donors (Lipinski definition) is 1. The Kier molecular flexibility index (Phi) is 5.27. The minimum absolute atomic E-state index is 0.139. The number of pyridine rings is 1. The number of anilines is 1. The Morgan fingerprint density at radius 2 is 1.91 bits per heavy atom. The predicted molar refractivity (Wildman–Crippen MR) is 126 cm³/mol. The van der Waals surface area contributed by atoms with Crippen molar-refractivity contribution in [2.24, 2.45) is 0 Å². The molecule has 0 radical (unpaired) electrons. The van der Waals surface area contributed by atoms with Crippen LogP contribution in [0.15, 0.2) is 77.5 Å². The van der Waals surface area contributed by atoms with Gasteiger partial charge in [-0.2, -0.15) is 0 Å². The Hall–Kier alpha value is -3.45. The molecule has 2 atom stereocenters. The summed E-state index contributed by atoms with van der Waals surface area (Å²) < 4.78 is 21.5. The van der Waals surface area contributed by atoms with Gasteiger partial charge >= 0.3 is 0 Å². The number of thiocarbonyl (C=S) groups is 1. The van der Waals surface area contributed by atoms with E-state index < -0.39 is 0 Å². The average Bonchev–Trinajstić information content (AvgIpc) is 3.50. The number of nitrogens with one attached hydrogen (secondary N) is 1. The van der Waals surface area contributed by atoms with Crippen molar-refractivity contribution in [3.05, 3.63) is 107 Å². The van der Waals surface area contributed by atoms with Crippen LogP contribution in [0.25, 0.3) is 0 Å². The summed E-state index contributed by atoms with van der Waals surface area (Å²) in [5.41, 5.74) is 5.14. The summed E-state index contributed by atoms with van der Waals surface area (Å²) in [4.78, 5) is 6.66. The average molecular weight is 447 g/mol. The van der Waals surface area contributed by atoms with E-state index in [0.717, 1.165) is 34.1 Å². The molecule has 7 heteroatoms. The van der Waals surface area contributed by atoms with E-state index >= 15 is 0 Å². The Labute approximate surface area is 191 Å². The maximum absolute atomic E-state index is 13.6. The van der Waals surface area contributed by atoms with Gasteiger partial charge in [0, 0.05) is 23.3 Å². The number of benzene rings is 1. The third-order valence-electron chi connectivity index (χ3n) is 6.03. The molecule has 4 heterocycles. The lowest BCUT2D eigenvalue weighted by atomic mass is 9.96. The molecule has 0 bridgehead atoms. The molecule has 1 saturated heterocycles. The maximum atomic E-state index is 13.6. The molecule has 0 spiro atoms. The summed E-state index contributed by atoms with van der Waals surface area (Å²) in [5.74, 6) is 0.622. The molecule has 5 rings (SSSR count). The van der Waals surface area contributed by atoms with Gasteiger partial charge in [0.25, 0.3) is 0 Å². The second kappa shape index (κ2) is 8.24. The number of furan rings is 1. The van der Waals surface area contributed by atoms with Crippen LogP contribution in [-0.2, 0) is 6.54 Å². The lowest BCUT2D eigenvalue weighted by molar-refractivity contribution is 0.488. The van der Waals surface area contributed by atoms with E-state index in [1.807, 2.05) is 30.3 Å². The number of nitrogens with zero attached hydrogens (tertiary/aromatic N) is 3. The first-order valence-electron chi connectivity index (χ1n) is 10.5. The molecule has 2 unspecified atom stereocenters. The van der Waals surface area contributed by atoms with Crippen molar-refractivity contribution >= 4 is 23.0 Å². The third-order valence-corrected chi connectivity index (χ3v) is 6.34. The minimum Gasteiger partial charge on any atom is -0.467 e. The summed E-state index contributed by atoms with van der Waals surface area (Å²) in [6, 6.07) is 18.1. The fourth-order valence-corrected chi connectivity index (χ4v) is 4.83. The number of rotatable bonds is 5. The van der Waals surface area contributed by atoms with Crippen LogP contribution in [0.2, 0.25) is 0 Å². The van der Waals surface area contributed by atoms with Gasteiger partial charge in [-0.15, -0.1) is 0 Å². The van der Waals surface area contributed by atoms with Gasteiger partial charge in [0.2, 0.25) is 0 Å². The van der Waals surface area contributed by atoms with Gasteiger partial charge in [-0.25, -0.2) is 4.39 Å². The van der Waals surface area contributed by atoms with E-state index in [0.29, 0.717) is 11.7 Å². The zero-order valence-electron chi connectivity index (χ0n) is 17.8. The second-order valence-corrected chi connectivity index (χ2v) is 8.35. The monoisotopic (exact) mass is 446 g/mol. The van der Waals surface area contributed by atoms with Gasteiger partial charge in [-0.3, -0.25) is 4.98 Å². The minimum atomic E-state index is -0.277. The van der Waals surface area contributed by atoms with E-state index in [1.165, 1.54) is 12.1 Å². The number of aryl methyl sites for hydroxylation is 1. The molecule has 1 N–H and O–H groups in total. The SMILES string of the molecule is Cc1cc(C2C(c3ccccn3)NC(=S)N2c2ccc(F)cc2)c(C)n1Cc1ccco1. The highest BCUT2D eigenvalue weighted by Gasteiger charge is 2.42. The number of halogens is 1. The third kappa shape index (κ3) is 3.58. The van der Waals surface area contributed by atoms with Gasteiger partial charge in [0.05, 0.1) is 30.6 Å². The van der Waals surface area contributed by atoms with Crippen molar-refractivity contribution in [1.29, 1.82) is 0 Å². The van der Waals surface area contributed by atoms with E-state index in [2.05, 4.69) is 39.7 Å². The molecule has 4 aromatic rings. The molecule has 0 amide bonds. The van der Waals surface area contributed by atoms with Crippen LogP contribution < -0.4 is 10.2 Å². The van der Waals surface area contributed by atoms with Crippen molar-refractivity contribution < 1.29 is 8.81 Å². The van der Waals surface area contributed by atoms with Crippen molar-refractivity contribution in [3.8, 4) is 0 Å². The normalized spacial score (nSPS) is 18.2. The smallest absolute Gasteiger partial charge is 0.174 e. The zero-order valence-corrected chi connectivity index (χ0v) is 18.6. The summed E-state index contributed by atoms with van der Waals surface area (Å²) in [5, 5.41) is 4.05. The highest BCUT2D eigenvalue weighted by molar-refractivity contribution is 7.80. The van der Waals surface area contributed by atoms with Crippen molar-refractivity contribution in [2.45, 2.75) is 32.5 Å². The number of hydrogen-bond acceptors (Lipinski definition) is 3. The van der Waals surface area contributed by atoms with Crippen LogP contribution in [-0.4, -0.2) is 14.7 Å². The van der Waals surface area contributed by atoms with Crippen LogP contribution in [0.5, 0.6) is 0 Å². The van der Waals surface area contributed by atoms with Crippen LogP contribution in [0.3, 0.4) is 0 Å². The van der Waals surface area contributed by atoms with Gasteiger partial charge in [-0.05, 0) is 86.2 Å². The number of aromatic nitrogens is 2. The fourth-order valence-electron chi connectivity index (χ4n) is 4.48. The highest BCUT2D eigenvalue weighted by Crippen LogP contribution is 2.43. The molecule has 162 valence electrons. The molecule has 5 nitrogen and oxygen atoms in total. The standard InChI is InChI=1S/C25H23FN4OS/c1-16-14-21(17(2)29(16)15-20-6-5-13-31-20)24-23(22-7-3-4-12-27-22)28-25(32)30(24)19-10-8-18(26)9-11-19/h3-14,23-24H,15H2,1-2H3,(H,28,32). The van der Waals surface area contributed by atoms with Crippen LogP contribution >= 0.6 is 12.2 Å². The zero-order chi connectivity index (χ0) is 22.2. The van der Waals surface area contributed by atoms with Crippen molar-refractivity contribution in [1.82, 2.24) is 14.9 Å². The molecular formula is C25H23FN4OS. The van der Waals surface area contributed by atoms with Gasteiger partial charge in [-0.1, -0.05) is 6.07 Å². The Morgan fingerprint density at radius 1 is 1.09 bits per heavy atom. The fraction of sp³-hybridized carbons (Fsp3) is 0.200. The topological polar surface area (TPSA) is 46.2 Å². The molecule has 32 heavy (non-hydrogen) atoms. The summed E-state index contributed by atoms with van der Waals surface area (Å²) >= 11 is 5.76. The molecule has 0 saturated carbocycles. The Morgan fingerprint density at radius 3 is 2.59 bits per heavy atom. The lowest BCUT2D eigenvalue weighted by Gasteiger charge is -2.28. The highest BCUT2D eigenvalue weighted by atomic mass is 32.1. The van der Waals surface area contributed by atoms with E-state index in [1.54, 1.807) is 24.6 Å². The largest absolute Gasteiger partial charge is 0.467 e. The van der Waals surface area contributed by atoms with E-state index in [9.17, 15) is 4.39 Å².